The number of fused-ring (bicyclic) bond motifs is 1. The van der Waals surface area contributed by atoms with Crippen LogP contribution in [-0.2, 0) is 17.6 Å². The number of rotatable bonds is 8. The minimum absolute atomic E-state index is 0.150. The minimum atomic E-state index is -0.857. The Hall–Kier alpha value is -3.51. The molecule has 4 rings (SSSR count). The molecule has 6 heteroatoms. The first-order valence-corrected chi connectivity index (χ1v) is 11.0. The van der Waals surface area contributed by atoms with E-state index in [0.29, 0.717) is 24.5 Å². The Bertz CT molecular complexity index is 1100. The molecule has 0 saturated carbocycles. The van der Waals surface area contributed by atoms with Crippen molar-refractivity contribution in [1.29, 1.82) is 0 Å². The van der Waals surface area contributed by atoms with Gasteiger partial charge in [0, 0.05) is 12.6 Å². The van der Waals surface area contributed by atoms with Gasteiger partial charge in [-0.1, -0.05) is 42.5 Å². The summed E-state index contributed by atoms with van der Waals surface area (Å²) in [7, 11) is 4.89. The maximum absolute atomic E-state index is 12.5. The van der Waals surface area contributed by atoms with Crippen LogP contribution in [0.2, 0.25) is 0 Å². The monoisotopic (exact) mass is 447 g/mol. The SMILES string of the molecule is COc1ccc(CC2c3cc(OC)c(OC)cc3CCN2C(C(=O)O)c2ccccc2)cc1. The van der Waals surface area contributed by atoms with Gasteiger partial charge in [-0.15, -0.1) is 0 Å². The van der Waals surface area contributed by atoms with Crippen molar-refractivity contribution >= 4 is 5.97 Å². The molecule has 2 unspecified atom stereocenters. The van der Waals surface area contributed by atoms with E-state index in [0.717, 1.165) is 34.4 Å². The molecular weight excluding hydrogens is 418 g/mol. The Balaban J connectivity index is 1.80. The molecule has 0 saturated heterocycles. The van der Waals surface area contributed by atoms with Crippen molar-refractivity contribution in [2.75, 3.05) is 27.9 Å². The molecule has 172 valence electrons. The molecule has 0 radical (unpaired) electrons. The van der Waals surface area contributed by atoms with E-state index in [-0.39, 0.29) is 6.04 Å². The summed E-state index contributed by atoms with van der Waals surface area (Å²) in [5.74, 6) is 1.26. The Kier molecular flexibility index (Phi) is 6.84. The van der Waals surface area contributed by atoms with E-state index >= 15 is 0 Å². The molecular formula is C27H29NO5. The predicted octanol–water partition coefficient (Wildman–Crippen LogP) is 4.68. The third-order valence-electron chi connectivity index (χ3n) is 6.31. The van der Waals surface area contributed by atoms with Gasteiger partial charge in [-0.05, 0) is 59.4 Å². The van der Waals surface area contributed by atoms with E-state index in [4.69, 9.17) is 14.2 Å². The summed E-state index contributed by atoms with van der Waals surface area (Å²) in [4.78, 5) is 14.6. The van der Waals surface area contributed by atoms with Crippen LogP contribution in [0, 0.1) is 0 Å². The van der Waals surface area contributed by atoms with Gasteiger partial charge in [0.2, 0.25) is 0 Å². The highest BCUT2D eigenvalue weighted by molar-refractivity contribution is 5.75. The van der Waals surface area contributed by atoms with Crippen molar-refractivity contribution in [3.05, 3.63) is 89.0 Å². The van der Waals surface area contributed by atoms with Gasteiger partial charge in [0.25, 0.3) is 0 Å². The average Bonchev–Trinajstić information content (AvgIpc) is 2.85. The summed E-state index contributed by atoms with van der Waals surface area (Å²) >= 11 is 0. The summed E-state index contributed by atoms with van der Waals surface area (Å²) < 4.78 is 16.4. The first-order valence-electron chi connectivity index (χ1n) is 11.0. The third kappa shape index (κ3) is 4.66. The minimum Gasteiger partial charge on any atom is -0.497 e. The molecule has 0 spiro atoms. The molecule has 33 heavy (non-hydrogen) atoms. The smallest absolute Gasteiger partial charge is 0.325 e. The van der Waals surface area contributed by atoms with Crippen molar-refractivity contribution in [3.8, 4) is 17.2 Å². The summed E-state index contributed by atoms with van der Waals surface area (Å²) in [6.45, 7) is 0.620. The Labute approximate surface area is 194 Å². The Morgan fingerprint density at radius 2 is 1.64 bits per heavy atom. The molecule has 0 bridgehead atoms. The third-order valence-corrected chi connectivity index (χ3v) is 6.31. The number of carbonyl (C=O) groups is 1. The fourth-order valence-electron chi connectivity index (χ4n) is 4.68. The van der Waals surface area contributed by atoms with Crippen LogP contribution in [-0.4, -0.2) is 43.8 Å². The maximum atomic E-state index is 12.5. The molecule has 1 aliphatic heterocycles. The molecule has 1 heterocycles. The number of aliphatic carboxylic acids is 1. The highest BCUT2D eigenvalue weighted by atomic mass is 16.5. The molecule has 1 aliphatic rings. The molecule has 6 nitrogen and oxygen atoms in total. The van der Waals surface area contributed by atoms with Crippen LogP contribution in [0.4, 0.5) is 0 Å². The summed E-state index contributed by atoms with van der Waals surface area (Å²) in [6, 6.07) is 20.5. The summed E-state index contributed by atoms with van der Waals surface area (Å²) in [5, 5.41) is 10.3. The second kappa shape index (κ2) is 9.96. The maximum Gasteiger partial charge on any atom is 0.325 e. The van der Waals surface area contributed by atoms with Crippen LogP contribution in [0.5, 0.6) is 17.2 Å². The van der Waals surface area contributed by atoms with Crippen LogP contribution in [0.1, 0.15) is 34.3 Å². The van der Waals surface area contributed by atoms with Gasteiger partial charge in [-0.2, -0.15) is 0 Å². The molecule has 2 atom stereocenters. The lowest BCUT2D eigenvalue weighted by Crippen LogP contribution is -2.42. The molecule has 1 N–H and O–H groups in total. The van der Waals surface area contributed by atoms with Crippen molar-refractivity contribution in [1.82, 2.24) is 4.90 Å². The zero-order chi connectivity index (χ0) is 23.4. The van der Waals surface area contributed by atoms with E-state index < -0.39 is 12.0 Å². The van der Waals surface area contributed by atoms with Gasteiger partial charge >= 0.3 is 5.97 Å². The molecule has 0 amide bonds. The van der Waals surface area contributed by atoms with Gasteiger partial charge in [0.15, 0.2) is 11.5 Å². The van der Waals surface area contributed by atoms with E-state index in [1.165, 1.54) is 0 Å². The van der Waals surface area contributed by atoms with Gasteiger partial charge < -0.3 is 19.3 Å². The quantitative estimate of drug-likeness (QED) is 0.541. The lowest BCUT2D eigenvalue weighted by Gasteiger charge is -2.41. The number of carboxylic acid groups (broad SMARTS) is 1. The van der Waals surface area contributed by atoms with Crippen molar-refractivity contribution in [2.45, 2.75) is 24.9 Å². The van der Waals surface area contributed by atoms with Gasteiger partial charge in [0.1, 0.15) is 11.8 Å². The van der Waals surface area contributed by atoms with Crippen molar-refractivity contribution in [3.63, 3.8) is 0 Å². The molecule has 3 aromatic rings. The van der Waals surface area contributed by atoms with Gasteiger partial charge in [0.05, 0.1) is 21.3 Å². The Morgan fingerprint density at radius 3 is 2.24 bits per heavy atom. The second-order valence-electron chi connectivity index (χ2n) is 8.11. The lowest BCUT2D eigenvalue weighted by atomic mass is 9.86. The molecule has 0 aliphatic carbocycles. The molecule has 3 aromatic carbocycles. The zero-order valence-corrected chi connectivity index (χ0v) is 19.2. The van der Waals surface area contributed by atoms with E-state index in [2.05, 4.69) is 4.90 Å². The number of benzene rings is 3. The predicted molar refractivity (Wildman–Crippen MR) is 126 cm³/mol. The number of nitrogens with zero attached hydrogens (tertiary/aromatic N) is 1. The van der Waals surface area contributed by atoms with Crippen LogP contribution in [0.15, 0.2) is 66.7 Å². The van der Waals surface area contributed by atoms with Crippen LogP contribution >= 0.6 is 0 Å². The first-order chi connectivity index (χ1) is 16.0. The van der Waals surface area contributed by atoms with Crippen molar-refractivity contribution < 1.29 is 24.1 Å². The van der Waals surface area contributed by atoms with Crippen LogP contribution in [0.3, 0.4) is 0 Å². The van der Waals surface area contributed by atoms with E-state index in [1.54, 1.807) is 21.3 Å². The highest BCUT2D eigenvalue weighted by Gasteiger charge is 2.37. The van der Waals surface area contributed by atoms with Crippen LogP contribution < -0.4 is 14.2 Å². The largest absolute Gasteiger partial charge is 0.497 e. The Morgan fingerprint density at radius 1 is 0.970 bits per heavy atom. The number of methoxy groups -OCH3 is 3. The topological polar surface area (TPSA) is 68.2 Å². The summed E-state index contributed by atoms with van der Waals surface area (Å²) in [5.41, 5.74) is 4.09. The van der Waals surface area contributed by atoms with Gasteiger partial charge in [-0.25, -0.2) is 0 Å². The lowest BCUT2D eigenvalue weighted by molar-refractivity contribution is -0.145. The number of hydrogen-bond donors (Lipinski definition) is 1. The first kappa shape index (κ1) is 22.7. The highest BCUT2D eigenvalue weighted by Crippen LogP contribution is 2.42. The fourth-order valence-corrected chi connectivity index (χ4v) is 4.68. The van der Waals surface area contributed by atoms with E-state index in [1.807, 2.05) is 66.7 Å². The second-order valence-corrected chi connectivity index (χ2v) is 8.11. The van der Waals surface area contributed by atoms with E-state index in [9.17, 15) is 9.90 Å². The average molecular weight is 448 g/mol. The normalized spacial score (nSPS) is 16.5. The zero-order valence-electron chi connectivity index (χ0n) is 19.2. The standard InChI is InChI=1S/C27H29NO5/c1-31-21-11-9-18(10-12-21)15-23-22-17-25(33-3)24(32-2)16-20(22)13-14-28(23)26(27(29)30)19-7-5-4-6-8-19/h4-12,16-17,23,26H,13-15H2,1-3H3,(H,29,30). The fraction of sp³-hybridized carbons (Fsp3) is 0.296. The van der Waals surface area contributed by atoms with Crippen LogP contribution in [0.25, 0.3) is 0 Å². The number of carboxylic acids is 1. The van der Waals surface area contributed by atoms with Gasteiger partial charge in [-0.3, -0.25) is 9.69 Å². The number of hydrogen-bond acceptors (Lipinski definition) is 5. The molecule has 0 fully saturated rings. The number of ether oxygens (including phenoxy) is 3. The summed E-state index contributed by atoms with van der Waals surface area (Å²) in [6.07, 6.45) is 1.38. The van der Waals surface area contributed by atoms with Crippen molar-refractivity contribution in [2.24, 2.45) is 0 Å². The molecule has 0 aromatic heterocycles.